The first-order chi connectivity index (χ1) is 13.8. The fraction of sp³-hybridized carbons (Fsp3) is 0.409. The first-order valence-electron chi connectivity index (χ1n) is 10.0. The molecular formula is C22H27N3O3. The molecule has 2 aliphatic heterocycles. The number of ether oxygens (including phenoxy) is 2. The van der Waals surface area contributed by atoms with Crippen LogP contribution in [0.3, 0.4) is 0 Å². The van der Waals surface area contributed by atoms with Crippen molar-refractivity contribution in [1.82, 2.24) is 10.2 Å². The fourth-order valence-electron chi connectivity index (χ4n) is 3.67. The van der Waals surface area contributed by atoms with Gasteiger partial charge in [-0.25, -0.2) is 4.79 Å². The molecule has 4 rings (SSSR count). The Morgan fingerprint density at radius 3 is 2.71 bits per heavy atom. The fourth-order valence-corrected chi connectivity index (χ4v) is 3.67. The average molecular weight is 381 g/mol. The number of carbonyl (C=O) groups excluding carboxylic acids is 1. The predicted octanol–water partition coefficient (Wildman–Crippen LogP) is 3.63. The van der Waals surface area contributed by atoms with Crippen LogP contribution < -0.4 is 20.1 Å². The van der Waals surface area contributed by atoms with Gasteiger partial charge < -0.3 is 20.1 Å². The van der Waals surface area contributed by atoms with E-state index in [1.807, 2.05) is 42.5 Å². The lowest BCUT2D eigenvalue weighted by Crippen LogP contribution is -2.42. The summed E-state index contributed by atoms with van der Waals surface area (Å²) in [5.74, 6) is 1.46. The van der Waals surface area contributed by atoms with E-state index in [4.69, 9.17) is 9.47 Å². The standard InChI is InChI=1S/C22H27N3O3/c26-22(23-14-19-16-27-20-9-2-3-10-21(20)28-19)24-18-8-6-7-17(13-18)15-25-11-4-1-5-12-25/h2-3,6-10,13,19H,1,4-5,11-12,14-16H2,(H2,23,24,26). The SMILES string of the molecule is O=C(NCC1COc2ccccc2O1)Nc1cccc(CN2CCCCC2)c1. The zero-order valence-electron chi connectivity index (χ0n) is 16.0. The summed E-state index contributed by atoms with van der Waals surface area (Å²) >= 11 is 0. The molecule has 0 bridgehead atoms. The third kappa shape index (κ3) is 4.95. The first-order valence-corrected chi connectivity index (χ1v) is 10.0. The molecule has 1 atom stereocenters. The molecule has 2 heterocycles. The smallest absolute Gasteiger partial charge is 0.319 e. The van der Waals surface area contributed by atoms with Crippen LogP contribution in [0.1, 0.15) is 24.8 Å². The molecule has 0 aromatic heterocycles. The highest BCUT2D eigenvalue weighted by atomic mass is 16.6. The number of nitrogens with one attached hydrogen (secondary N) is 2. The van der Waals surface area contributed by atoms with Crippen molar-refractivity contribution < 1.29 is 14.3 Å². The number of nitrogens with zero attached hydrogens (tertiary/aromatic N) is 1. The van der Waals surface area contributed by atoms with Gasteiger partial charge >= 0.3 is 6.03 Å². The highest BCUT2D eigenvalue weighted by molar-refractivity contribution is 5.89. The van der Waals surface area contributed by atoms with Crippen molar-refractivity contribution >= 4 is 11.7 Å². The number of likely N-dealkylation sites (tertiary alicyclic amines) is 1. The van der Waals surface area contributed by atoms with Crippen LogP contribution in [0.4, 0.5) is 10.5 Å². The topological polar surface area (TPSA) is 62.8 Å². The van der Waals surface area contributed by atoms with E-state index < -0.39 is 0 Å². The summed E-state index contributed by atoms with van der Waals surface area (Å²) in [6, 6.07) is 15.4. The van der Waals surface area contributed by atoms with Crippen molar-refractivity contribution in [2.24, 2.45) is 0 Å². The zero-order valence-corrected chi connectivity index (χ0v) is 16.0. The number of hydrogen-bond donors (Lipinski definition) is 2. The van der Waals surface area contributed by atoms with Crippen molar-refractivity contribution in [3.05, 3.63) is 54.1 Å². The van der Waals surface area contributed by atoms with Crippen LogP contribution in [-0.2, 0) is 6.54 Å². The molecule has 2 aromatic carbocycles. The largest absolute Gasteiger partial charge is 0.486 e. The van der Waals surface area contributed by atoms with Crippen molar-refractivity contribution in [2.75, 3.05) is 31.6 Å². The van der Waals surface area contributed by atoms with Gasteiger partial charge in [0.25, 0.3) is 0 Å². The average Bonchev–Trinajstić information content (AvgIpc) is 2.73. The number of rotatable bonds is 5. The van der Waals surface area contributed by atoms with Crippen molar-refractivity contribution in [3.63, 3.8) is 0 Å². The van der Waals surface area contributed by atoms with Crippen LogP contribution in [0.15, 0.2) is 48.5 Å². The molecule has 2 aromatic rings. The summed E-state index contributed by atoms with van der Waals surface area (Å²) in [5.41, 5.74) is 2.03. The van der Waals surface area contributed by atoms with Crippen LogP contribution in [0.25, 0.3) is 0 Å². The number of urea groups is 1. The van der Waals surface area contributed by atoms with Gasteiger partial charge in [0, 0.05) is 12.2 Å². The Balaban J connectivity index is 1.25. The number of fused-ring (bicyclic) bond motifs is 1. The second kappa shape index (κ2) is 8.97. The quantitative estimate of drug-likeness (QED) is 0.830. The van der Waals surface area contributed by atoms with Crippen LogP contribution in [0.2, 0.25) is 0 Å². The summed E-state index contributed by atoms with van der Waals surface area (Å²) in [6.45, 7) is 4.05. The van der Waals surface area contributed by atoms with Gasteiger partial charge in [-0.3, -0.25) is 4.90 Å². The maximum Gasteiger partial charge on any atom is 0.319 e. The van der Waals surface area contributed by atoms with E-state index in [9.17, 15) is 4.79 Å². The molecule has 6 heteroatoms. The van der Waals surface area contributed by atoms with Crippen LogP contribution in [0.5, 0.6) is 11.5 Å². The lowest BCUT2D eigenvalue weighted by atomic mass is 10.1. The molecule has 1 saturated heterocycles. The second-order valence-electron chi connectivity index (χ2n) is 7.37. The van der Waals surface area contributed by atoms with E-state index in [0.717, 1.165) is 31.1 Å². The second-order valence-corrected chi connectivity index (χ2v) is 7.37. The third-order valence-electron chi connectivity index (χ3n) is 5.10. The van der Waals surface area contributed by atoms with Crippen LogP contribution in [-0.4, -0.2) is 43.3 Å². The minimum atomic E-state index is -0.238. The number of anilines is 1. The van der Waals surface area contributed by atoms with Crippen LogP contribution >= 0.6 is 0 Å². The Labute approximate surface area is 165 Å². The van der Waals surface area contributed by atoms with Gasteiger partial charge in [0.05, 0.1) is 6.54 Å². The molecule has 0 radical (unpaired) electrons. The van der Waals surface area contributed by atoms with Crippen molar-refractivity contribution in [3.8, 4) is 11.5 Å². The Bertz CT molecular complexity index is 805. The number of para-hydroxylation sites is 2. The zero-order chi connectivity index (χ0) is 19.2. The monoisotopic (exact) mass is 381 g/mol. The molecule has 0 spiro atoms. The number of benzene rings is 2. The van der Waals surface area contributed by atoms with Gasteiger partial charge in [-0.05, 0) is 55.8 Å². The van der Waals surface area contributed by atoms with Crippen molar-refractivity contribution in [1.29, 1.82) is 0 Å². The van der Waals surface area contributed by atoms with E-state index >= 15 is 0 Å². The summed E-state index contributed by atoms with van der Waals surface area (Å²) in [5, 5.41) is 5.78. The minimum Gasteiger partial charge on any atom is -0.486 e. The van der Waals surface area contributed by atoms with Gasteiger partial charge in [0.1, 0.15) is 6.61 Å². The van der Waals surface area contributed by atoms with E-state index in [1.165, 1.54) is 24.8 Å². The van der Waals surface area contributed by atoms with E-state index in [0.29, 0.717) is 18.9 Å². The molecule has 148 valence electrons. The summed E-state index contributed by atoms with van der Waals surface area (Å²) in [7, 11) is 0. The normalized spacial score (nSPS) is 19.1. The number of carbonyl (C=O) groups is 1. The highest BCUT2D eigenvalue weighted by Crippen LogP contribution is 2.30. The molecule has 1 unspecified atom stereocenters. The Morgan fingerprint density at radius 2 is 1.86 bits per heavy atom. The van der Waals surface area contributed by atoms with E-state index in [-0.39, 0.29) is 12.1 Å². The molecule has 2 amide bonds. The van der Waals surface area contributed by atoms with Gasteiger partial charge in [-0.2, -0.15) is 0 Å². The molecule has 2 N–H and O–H groups in total. The third-order valence-corrected chi connectivity index (χ3v) is 5.10. The highest BCUT2D eigenvalue weighted by Gasteiger charge is 2.21. The molecule has 28 heavy (non-hydrogen) atoms. The van der Waals surface area contributed by atoms with Crippen molar-refractivity contribution in [2.45, 2.75) is 31.9 Å². The molecule has 1 fully saturated rings. The Morgan fingerprint density at radius 1 is 1.04 bits per heavy atom. The first kappa shape index (κ1) is 18.6. The summed E-state index contributed by atoms with van der Waals surface area (Å²) < 4.78 is 11.5. The van der Waals surface area contributed by atoms with Gasteiger partial charge in [0.2, 0.25) is 0 Å². The number of hydrogen-bond acceptors (Lipinski definition) is 4. The molecule has 2 aliphatic rings. The molecular weight excluding hydrogens is 354 g/mol. The summed E-state index contributed by atoms with van der Waals surface area (Å²) in [4.78, 5) is 14.7. The maximum absolute atomic E-state index is 12.3. The number of piperidine rings is 1. The maximum atomic E-state index is 12.3. The Kier molecular flexibility index (Phi) is 5.97. The molecule has 6 nitrogen and oxygen atoms in total. The Hall–Kier alpha value is -2.73. The lowest BCUT2D eigenvalue weighted by molar-refractivity contribution is 0.0922. The van der Waals surface area contributed by atoms with Gasteiger partial charge in [-0.15, -0.1) is 0 Å². The summed E-state index contributed by atoms with van der Waals surface area (Å²) in [6.07, 6.45) is 3.68. The minimum absolute atomic E-state index is 0.203. The van der Waals surface area contributed by atoms with Gasteiger partial charge in [-0.1, -0.05) is 30.7 Å². The van der Waals surface area contributed by atoms with Crippen LogP contribution in [0, 0.1) is 0 Å². The lowest BCUT2D eigenvalue weighted by Gasteiger charge is -2.27. The van der Waals surface area contributed by atoms with E-state index in [1.54, 1.807) is 0 Å². The molecule has 0 aliphatic carbocycles. The molecule has 0 saturated carbocycles. The number of amides is 2. The predicted molar refractivity (Wildman–Crippen MR) is 109 cm³/mol. The van der Waals surface area contributed by atoms with E-state index in [2.05, 4.69) is 21.6 Å². The van der Waals surface area contributed by atoms with Gasteiger partial charge in [0.15, 0.2) is 17.6 Å².